The summed E-state index contributed by atoms with van der Waals surface area (Å²) in [6.07, 6.45) is 2.47. The lowest BCUT2D eigenvalue weighted by molar-refractivity contribution is 0.432. The number of aromatic amines is 1. The molecule has 3 aromatic rings. The van der Waals surface area contributed by atoms with Gasteiger partial charge in [0.15, 0.2) is 11.6 Å². The van der Waals surface area contributed by atoms with Crippen LogP contribution in [0.5, 0.6) is 5.75 Å². The first kappa shape index (κ1) is 11.7. The summed E-state index contributed by atoms with van der Waals surface area (Å²) in [6, 6.07) is 8.68. The number of halogens is 1. The van der Waals surface area contributed by atoms with Crippen LogP contribution in [0.4, 0.5) is 4.39 Å². The molecule has 0 saturated carbocycles. The maximum atomic E-state index is 13.6. The van der Waals surface area contributed by atoms with Crippen molar-refractivity contribution in [2.24, 2.45) is 0 Å². The van der Waals surface area contributed by atoms with Crippen LogP contribution in [0.3, 0.4) is 0 Å². The Kier molecular flexibility index (Phi) is 2.71. The number of nitrogens with one attached hydrogen (secondary N) is 1. The van der Waals surface area contributed by atoms with Crippen molar-refractivity contribution in [2.75, 3.05) is 0 Å². The molecule has 0 bridgehead atoms. The zero-order valence-corrected chi connectivity index (χ0v) is 10.4. The Morgan fingerprint density at radius 3 is 2.89 bits per heavy atom. The summed E-state index contributed by atoms with van der Waals surface area (Å²) in [5, 5.41) is 17.3. The fraction of sp³-hybridized carbons (Fsp3) is 0.133. The quantitative estimate of drug-likeness (QED) is 0.735. The zero-order chi connectivity index (χ0) is 13.4. The second kappa shape index (κ2) is 4.39. The molecule has 0 radical (unpaired) electrons. The number of hydrogen-bond acceptors (Lipinski definition) is 2. The number of rotatable bonds is 2. The number of benzene rings is 2. The first-order chi connectivity index (χ1) is 9.19. The number of aryl methyl sites for hydroxylation is 1. The number of nitrogens with zero attached hydrogens (tertiary/aromatic N) is 1. The van der Waals surface area contributed by atoms with Crippen LogP contribution in [0, 0.1) is 5.82 Å². The molecule has 0 aliphatic heterocycles. The largest absolute Gasteiger partial charge is 0.505 e. The molecule has 0 saturated heterocycles. The highest BCUT2D eigenvalue weighted by molar-refractivity contribution is 5.84. The molecule has 0 spiro atoms. The van der Waals surface area contributed by atoms with E-state index in [-0.39, 0.29) is 5.75 Å². The lowest BCUT2D eigenvalue weighted by atomic mass is 9.97. The van der Waals surface area contributed by atoms with Crippen LogP contribution in [-0.4, -0.2) is 15.3 Å². The van der Waals surface area contributed by atoms with E-state index >= 15 is 0 Å². The summed E-state index contributed by atoms with van der Waals surface area (Å²) in [4.78, 5) is 0. The summed E-state index contributed by atoms with van der Waals surface area (Å²) < 4.78 is 13.6. The lowest BCUT2D eigenvalue weighted by Crippen LogP contribution is -1.90. The first-order valence-corrected chi connectivity index (χ1v) is 6.14. The summed E-state index contributed by atoms with van der Waals surface area (Å²) in [5.74, 6) is -0.903. The van der Waals surface area contributed by atoms with Crippen molar-refractivity contribution in [1.82, 2.24) is 10.2 Å². The minimum atomic E-state index is -0.600. The Labute approximate surface area is 109 Å². The number of hydrogen-bond donors (Lipinski definition) is 2. The number of phenols is 1. The van der Waals surface area contributed by atoms with Crippen LogP contribution in [0.15, 0.2) is 36.5 Å². The predicted molar refractivity (Wildman–Crippen MR) is 72.5 cm³/mol. The number of phenolic OH excluding ortho intramolecular Hbond substituents is 1. The van der Waals surface area contributed by atoms with Crippen molar-refractivity contribution >= 4 is 10.9 Å². The molecular formula is C15H13FN2O. The molecule has 4 heteroatoms. The van der Waals surface area contributed by atoms with E-state index in [0.29, 0.717) is 0 Å². The normalized spacial score (nSPS) is 11.1. The third kappa shape index (κ3) is 1.95. The Bertz CT molecular complexity index is 749. The molecular weight excluding hydrogens is 243 g/mol. The highest BCUT2D eigenvalue weighted by atomic mass is 19.1. The molecule has 0 aliphatic rings. The van der Waals surface area contributed by atoms with Gasteiger partial charge in [0.05, 0.1) is 11.7 Å². The van der Waals surface area contributed by atoms with Gasteiger partial charge in [0.2, 0.25) is 0 Å². The number of aromatic nitrogens is 2. The number of H-pyrrole nitrogens is 1. The molecule has 2 N–H and O–H groups in total. The molecule has 1 heterocycles. The lowest BCUT2D eigenvalue weighted by Gasteiger charge is -2.09. The highest BCUT2D eigenvalue weighted by Crippen LogP contribution is 2.31. The van der Waals surface area contributed by atoms with Crippen molar-refractivity contribution < 1.29 is 9.50 Å². The standard InChI is InChI=1S/C15H13FN2O/c1-2-9-6-15(19)13(16)7-12(9)10-3-4-11-8-17-18-14(11)5-10/h3-8,19H,2H2,1H3,(H,17,18). The van der Waals surface area contributed by atoms with Crippen molar-refractivity contribution in [3.63, 3.8) is 0 Å². The smallest absolute Gasteiger partial charge is 0.165 e. The molecule has 0 aliphatic carbocycles. The minimum Gasteiger partial charge on any atom is -0.505 e. The summed E-state index contributed by atoms with van der Waals surface area (Å²) in [6.45, 7) is 1.98. The summed E-state index contributed by atoms with van der Waals surface area (Å²) >= 11 is 0. The molecule has 0 fully saturated rings. The van der Waals surface area contributed by atoms with Crippen molar-refractivity contribution in [3.05, 3.63) is 47.9 Å². The average Bonchev–Trinajstić information content (AvgIpc) is 2.88. The Hall–Kier alpha value is -2.36. The van der Waals surface area contributed by atoms with E-state index in [0.717, 1.165) is 34.0 Å². The van der Waals surface area contributed by atoms with Gasteiger partial charge in [-0.15, -0.1) is 0 Å². The fourth-order valence-electron chi connectivity index (χ4n) is 2.27. The number of fused-ring (bicyclic) bond motifs is 1. The first-order valence-electron chi connectivity index (χ1n) is 6.14. The SMILES string of the molecule is CCc1cc(O)c(F)cc1-c1ccc2cn[nH]c2c1. The van der Waals surface area contributed by atoms with Crippen LogP contribution < -0.4 is 0 Å². The van der Waals surface area contributed by atoms with E-state index in [1.54, 1.807) is 6.20 Å². The van der Waals surface area contributed by atoms with Gasteiger partial charge in [0.1, 0.15) is 0 Å². The molecule has 0 amide bonds. The van der Waals surface area contributed by atoms with E-state index in [9.17, 15) is 9.50 Å². The minimum absolute atomic E-state index is 0.303. The van der Waals surface area contributed by atoms with E-state index in [1.165, 1.54) is 12.1 Å². The van der Waals surface area contributed by atoms with Gasteiger partial charge in [-0.1, -0.05) is 19.1 Å². The van der Waals surface area contributed by atoms with Gasteiger partial charge in [0.25, 0.3) is 0 Å². The average molecular weight is 256 g/mol. The van der Waals surface area contributed by atoms with Gasteiger partial charge < -0.3 is 5.11 Å². The van der Waals surface area contributed by atoms with Crippen LogP contribution in [0.25, 0.3) is 22.0 Å². The van der Waals surface area contributed by atoms with Crippen LogP contribution in [0.2, 0.25) is 0 Å². The Morgan fingerprint density at radius 1 is 1.26 bits per heavy atom. The Balaban J connectivity index is 2.22. The number of aromatic hydroxyl groups is 1. The van der Waals surface area contributed by atoms with E-state index in [1.807, 2.05) is 25.1 Å². The zero-order valence-electron chi connectivity index (χ0n) is 10.4. The van der Waals surface area contributed by atoms with Gasteiger partial charge in [-0.3, -0.25) is 5.10 Å². The van der Waals surface area contributed by atoms with E-state index < -0.39 is 5.82 Å². The predicted octanol–water partition coefficient (Wildman–Crippen LogP) is 3.64. The second-order valence-corrected chi connectivity index (χ2v) is 4.49. The van der Waals surface area contributed by atoms with Crippen molar-refractivity contribution in [1.29, 1.82) is 0 Å². The third-order valence-electron chi connectivity index (χ3n) is 3.31. The molecule has 3 rings (SSSR count). The van der Waals surface area contributed by atoms with Gasteiger partial charge in [0, 0.05) is 5.39 Å². The van der Waals surface area contributed by atoms with Crippen LogP contribution in [-0.2, 0) is 6.42 Å². The van der Waals surface area contributed by atoms with Crippen molar-refractivity contribution in [2.45, 2.75) is 13.3 Å². The second-order valence-electron chi connectivity index (χ2n) is 4.49. The fourth-order valence-corrected chi connectivity index (χ4v) is 2.27. The molecule has 0 unspecified atom stereocenters. The molecule has 0 atom stereocenters. The molecule has 3 nitrogen and oxygen atoms in total. The molecule has 19 heavy (non-hydrogen) atoms. The summed E-state index contributed by atoms with van der Waals surface area (Å²) in [5.41, 5.74) is 3.53. The van der Waals surface area contributed by atoms with Gasteiger partial charge in [-0.05, 0) is 41.3 Å². The van der Waals surface area contributed by atoms with Crippen LogP contribution >= 0.6 is 0 Å². The van der Waals surface area contributed by atoms with Gasteiger partial charge in [-0.25, -0.2) is 4.39 Å². The van der Waals surface area contributed by atoms with Gasteiger partial charge >= 0.3 is 0 Å². The maximum absolute atomic E-state index is 13.6. The topological polar surface area (TPSA) is 48.9 Å². The van der Waals surface area contributed by atoms with E-state index in [4.69, 9.17) is 0 Å². The van der Waals surface area contributed by atoms with E-state index in [2.05, 4.69) is 10.2 Å². The third-order valence-corrected chi connectivity index (χ3v) is 3.31. The molecule has 2 aromatic carbocycles. The Morgan fingerprint density at radius 2 is 2.11 bits per heavy atom. The maximum Gasteiger partial charge on any atom is 0.165 e. The van der Waals surface area contributed by atoms with Crippen LogP contribution in [0.1, 0.15) is 12.5 Å². The summed E-state index contributed by atoms with van der Waals surface area (Å²) in [7, 11) is 0. The highest BCUT2D eigenvalue weighted by Gasteiger charge is 2.10. The van der Waals surface area contributed by atoms with Crippen molar-refractivity contribution in [3.8, 4) is 16.9 Å². The van der Waals surface area contributed by atoms with Gasteiger partial charge in [-0.2, -0.15) is 5.10 Å². The monoisotopic (exact) mass is 256 g/mol. The molecule has 96 valence electrons. The molecule has 1 aromatic heterocycles.